The fourth-order valence-corrected chi connectivity index (χ4v) is 2.52. The van der Waals surface area contributed by atoms with Gasteiger partial charge in [-0.1, -0.05) is 11.8 Å². The number of amides is 1. The van der Waals surface area contributed by atoms with Gasteiger partial charge in [-0.05, 0) is 19.4 Å². The van der Waals surface area contributed by atoms with E-state index in [0.29, 0.717) is 12.2 Å². The van der Waals surface area contributed by atoms with E-state index >= 15 is 0 Å². The van der Waals surface area contributed by atoms with Crippen LogP contribution >= 0.6 is 11.8 Å². The van der Waals surface area contributed by atoms with Gasteiger partial charge >= 0.3 is 0 Å². The quantitative estimate of drug-likeness (QED) is 0.635. The van der Waals surface area contributed by atoms with Crippen LogP contribution < -0.4 is 5.32 Å². The van der Waals surface area contributed by atoms with E-state index in [1.165, 1.54) is 11.8 Å². The highest BCUT2D eigenvalue weighted by Gasteiger charge is 2.47. The first-order chi connectivity index (χ1) is 6.14. The molecule has 0 aromatic heterocycles. The minimum atomic E-state index is -0.693. The van der Waals surface area contributed by atoms with Gasteiger partial charge in [0, 0.05) is 0 Å². The molecule has 2 heterocycles. The van der Waals surface area contributed by atoms with Gasteiger partial charge in [-0.15, -0.1) is 0 Å². The number of ether oxygens (including phenoxy) is 1. The van der Waals surface area contributed by atoms with Gasteiger partial charge in [0.1, 0.15) is 6.07 Å². The zero-order chi connectivity index (χ0) is 9.47. The highest BCUT2D eigenvalue weighted by atomic mass is 32.2. The largest absolute Gasteiger partial charge is 0.457 e. The molecule has 13 heavy (non-hydrogen) atoms. The molecule has 4 nitrogen and oxygen atoms in total. The van der Waals surface area contributed by atoms with Crippen LogP contribution in [-0.4, -0.2) is 16.2 Å². The van der Waals surface area contributed by atoms with Crippen LogP contribution in [0.25, 0.3) is 0 Å². The van der Waals surface area contributed by atoms with Gasteiger partial charge in [-0.2, -0.15) is 5.26 Å². The van der Waals surface area contributed by atoms with Gasteiger partial charge in [0.2, 0.25) is 0 Å². The summed E-state index contributed by atoms with van der Waals surface area (Å²) in [4.78, 5) is 11.1. The number of allylic oxidation sites excluding steroid dienone is 2. The Hall–Kier alpha value is -1.15. The number of nitriles is 1. The normalized spacial score (nSPS) is 36.8. The molecule has 1 amide bonds. The number of carbonyl (C=O) groups is 1. The molecule has 0 spiro atoms. The maximum absolute atomic E-state index is 11.1. The summed E-state index contributed by atoms with van der Waals surface area (Å²) in [6.07, 6.45) is 2.42. The standard InChI is InChI=1S/C8H8N2O2S/c1-8-6(13-7(11)10-8)3-2-5(4-9)12-8/h2,6H,3H2,1H3,(H,10,11)/t6-,8+/m1/s1. The van der Waals surface area contributed by atoms with Crippen molar-refractivity contribution in [3.63, 3.8) is 0 Å². The van der Waals surface area contributed by atoms with E-state index in [1.807, 2.05) is 6.07 Å². The minimum Gasteiger partial charge on any atom is -0.457 e. The second kappa shape index (κ2) is 2.67. The Morgan fingerprint density at radius 3 is 3.38 bits per heavy atom. The van der Waals surface area contributed by atoms with Crippen molar-refractivity contribution in [2.75, 3.05) is 0 Å². The van der Waals surface area contributed by atoms with Gasteiger partial charge < -0.3 is 10.1 Å². The smallest absolute Gasteiger partial charge is 0.282 e. The molecule has 1 saturated heterocycles. The molecule has 0 aliphatic carbocycles. The number of carbonyl (C=O) groups excluding carboxylic acids is 1. The molecule has 2 atom stereocenters. The predicted molar refractivity (Wildman–Crippen MR) is 47.7 cm³/mol. The number of hydrogen-bond acceptors (Lipinski definition) is 4. The molecule has 5 heteroatoms. The van der Waals surface area contributed by atoms with Gasteiger partial charge in [0.25, 0.3) is 5.24 Å². The minimum absolute atomic E-state index is 0.0806. The molecule has 2 aliphatic heterocycles. The molecular weight excluding hydrogens is 188 g/mol. The monoisotopic (exact) mass is 196 g/mol. The Kier molecular flexibility index (Phi) is 1.74. The van der Waals surface area contributed by atoms with Crippen molar-refractivity contribution < 1.29 is 9.53 Å². The number of thioether (sulfide) groups is 1. The molecular formula is C8H8N2O2S. The zero-order valence-electron chi connectivity index (χ0n) is 7.03. The Balaban J connectivity index is 2.25. The summed E-state index contributed by atoms with van der Waals surface area (Å²) in [6, 6.07) is 1.93. The fourth-order valence-electron chi connectivity index (χ4n) is 1.47. The molecule has 0 aromatic carbocycles. The molecule has 1 N–H and O–H groups in total. The van der Waals surface area contributed by atoms with Crippen LogP contribution in [0.2, 0.25) is 0 Å². The van der Waals surface area contributed by atoms with Crippen LogP contribution in [-0.2, 0) is 4.74 Å². The van der Waals surface area contributed by atoms with Crippen molar-refractivity contribution in [3.8, 4) is 6.07 Å². The molecule has 0 saturated carbocycles. The van der Waals surface area contributed by atoms with Crippen LogP contribution in [0.3, 0.4) is 0 Å². The Morgan fingerprint density at radius 2 is 2.69 bits per heavy atom. The SMILES string of the molecule is C[C@@]12NC(=O)S[C@@H]1CC=C(C#N)O2. The lowest BCUT2D eigenvalue weighted by Gasteiger charge is -2.32. The topological polar surface area (TPSA) is 62.1 Å². The van der Waals surface area contributed by atoms with E-state index in [2.05, 4.69) is 5.32 Å². The van der Waals surface area contributed by atoms with Gasteiger partial charge in [0.15, 0.2) is 11.5 Å². The first-order valence-electron chi connectivity index (χ1n) is 3.92. The van der Waals surface area contributed by atoms with E-state index in [-0.39, 0.29) is 10.5 Å². The average molecular weight is 196 g/mol. The number of fused-ring (bicyclic) bond motifs is 1. The van der Waals surface area contributed by atoms with E-state index in [0.717, 1.165) is 0 Å². The van der Waals surface area contributed by atoms with E-state index < -0.39 is 5.72 Å². The highest BCUT2D eigenvalue weighted by molar-refractivity contribution is 8.14. The molecule has 1 fully saturated rings. The fraction of sp³-hybridized carbons (Fsp3) is 0.500. The van der Waals surface area contributed by atoms with Crippen molar-refractivity contribution in [1.82, 2.24) is 5.32 Å². The van der Waals surface area contributed by atoms with Crippen LogP contribution in [0.15, 0.2) is 11.8 Å². The Bertz CT molecular complexity index is 334. The van der Waals surface area contributed by atoms with Crippen molar-refractivity contribution >= 4 is 17.0 Å². The highest BCUT2D eigenvalue weighted by Crippen LogP contribution is 2.39. The molecule has 0 aromatic rings. The predicted octanol–water partition coefficient (Wildman–Crippen LogP) is 1.36. The van der Waals surface area contributed by atoms with Crippen molar-refractivity contribution in [2.45, 2.75) is 24.3 Å². The third-order valence-electron chi connectivity index (χ3n) is 2.16. The summed E-state index contributed by atoms with van der Waals surface area (Å²) < 4.78 is 5.36. The number of nitrogens with zero attached hydrogens (tertiary/aromatic N) is 1. The summed E-state index contributed by atoms with van der Waals surface area (Å²) in [6.45, 7) is 1.79. The first-order valence-corrected chi connectivity index (χ1v) is 4.80. The number of nitrogens with one attached hydrogen (secondary N) is 1. The van der Waals surface area contributed by atoms with E-state index in [9.17, 15) is 4.79 Å². The zero-order valence-corrected chi connectivity index (χ0v) is 7.85. The molecule has 68 valence electrons. The molecule has 0 bridgehead atoms. The molecule has 0 unspecified atom stereocenters. The van der Waals surface area contributed by atoms with Gasteiger partial charge in [-0.3, -0.25) is 4.79 Å². The molecule has 0 radical (unpaired) electrons. The first kappa shape index (κ1) is 8.45. The molecule has 2 rings (SSSR count). The lowest BCUT2D eigenvalue weighted by Crippen LogP contribution is -2.48. The summed E-state index contributed by atoms with van der Waals surface area (Å²) in [7, 11) is 0. The summed E-state index contributed by atoms with van der Waals surface area (Å²) in [5.41, 5.74) is -0.693. The summed E-state index contributed by atoms with van der Waals surface area (Å²) >= 11 is 1.23. The second-order valence-corrected chi connectivity index (χ2v) is 4.32. The van der Waals surface area contributed by atoms with Crippen LogP contribution in [0, 0.1) is 11.3 Å². The maximum atomic E-state index is 11.1. The van der Waals surface area contributed by atoms with E-state index in [4.69, 9.17) is 10.00 Å². The maximum Gasteiger partial charge on any atom is 0.282 e. The van der Waals surface area contributed by atoms with Crippen molar-refractivity contribution in [2.24, 2.45) is 0 Å². The number of hydrogen-bond donors (Lipinski definition) is 1. The van der Waals surface area contributed by atoms with Crippen LogP contribution in [0.5, 0.6) is 0 Å². The van der Waals surface area contributed by atoms with Gasteiger partial charge in [0.05, 0.1) is 5.25 Å². The third-order valence-corrected chi connectivity index (χ3v) is 3.41. The lowest BCUT2D eigenvalue weighted by molar-refractivity contribution is 0.00219. The summed E-state index contributed by atoms with van der Waals surface area (Å²) in [5.74, 6) is 0.293. The van der Waals surface area contributed by atoms with Crippen molar-refractivity contribution in [3.05, 3.63) is 11.8 Å². The summed E-state index contributed by atoms with van der Waals surface area (Å²) in [5, 5.41) is 11.3. The van der Waals surface area contributed by atoms with Gasteiger partial charge in [-0.25, -0.2) is 0 Å². The van der Waals surface area contributed by atoms with Crippen LogP contribution in [0.1, 0.15) is 13.3 Å². The molecule has 2 aliphatic rings. The second-order valence-electron chi connectivity index (χ2n) is 3.14. The van der Waals surface area contributed by atoms with Crippen molar-refractivity contribution in [1.29, 1.82) is 5.26 Å². The average Bonchev–Trinajstić information content (AvgIpc) is 2.37. The number of rotatable bonds is 0. The lowest BCUT2D eigenvalue weighted by atomic mass is 10.1. The Morgan fingerprint density at radius 1 is 1.92 bits per heavy atom. The van der Waals surface area contributed by atoms with Crippen LogP contribution in [0.4, 0.5) is 4.79 Å². The third kappa shape index (κ3) is 1.27. The van der Waals surface area contributed by atoms with E-state index in [1.54, 1.807) is 13.0 Å². The Labute approximate surface area is 79.9 Å².